The summed E-state index contributed by atoms with van der Waals surface area (Å²) in [5.41, 5.74) is 0.691. The molecule has 3 nitrogen and oxygen atoms in total. The number of methoxy groups -OCH3 is 1. The van der Waals surface area contributed by atoms with Crippen LogP contribution < -0.4 is 10.1 Å². The summed E-state index contributed by atoms with van der Waals surface area (Å²) in [6.45, 7) is 0. The fourth-order valence-corrected chi connectivity index (χ4v) is 2.07. The summed E-state index contributed by atoms with van der Waals surface area (Å²) in [6.07, 6.45) is 1.38. The van der Waals surface area contributed by atoms with Crippen molar-refractivity contribution in [3.63, 3.8) is 0 Å². The van der Waals surface area contributed by atoms with Crippen molar-refractivity contribution in [3.05, 3.63) is 45.8 Å². The lowest BCUT2D eigenvalue weighted by Gasteiger charge is -2.09. The number of benzene rings is 1. The van der Waals surface area contributed by atoms with Crippen LogP contribution in [0.3, 0.4) is 0 Å². The van der Waals surface area contributed by atoms with Gasteiger partial charge in [0.25, 0.3) is 0 Å². The summed E-state index contributed by atoms with van der Waals surface area (Å²) in [5, 5.41) is 3.12. The third-order valence-electron chi connectivity index (χ3n) is 2.22. The van der Waals surface area contributed by atoms with E-state index in [1.165, 1.54) is 12.3 Å². The van der Waals surface area contributed by atoms with Gasteiger partial charge in [0.05, 0.1) is 16.6 Å². The molecule has 2 aromatic rings. The van der Waals surface area contributed by atoms with Crippen LogP contribution in [0.15, 0.2) is 34.9 Å². The Morgan fingerprint density at radius 1 is 1.39 bits per heavy atom. The van der Waals surface area contributed by atoms with Gasteiger partial charge in [-0.1, -0.05) is 11.6 Å². The maximum absolute atomic E-state index is 13.5. The first-order valence-electron chi connectivity index (χ1n) is 5.02. The van der Waals surface area contributed by atoms with E-state index in [2.05, 4.69) is 26.2 Å². The number of ether oxygens (including phenoxy) is 1. The van der Waals surface area contributed by atoms with Crippen molar-refractivity contribution >= 4 is 39.0 Å². The molecule has 0 radical (unpaired) electrons. The van der Waals surface area contributed by atoms with Gasteiger partial charge in [-0.2, -0.15) is 0 Å². The Balaban J connectivity index is 2.26. The maximum atomic E-state index is 13.5. The Bertz CT molecular complexity index is 580. The van der Waals surface area contributed by atoms with Gasteiger partial charge in [0.1, 0.15) is 5.75 Å². The van der Waals surface area contributed by atoms with E-state index in [0.29, 0.717) is 11.4 Å². The zero-order valence-corrected chi connectivity index (χ0v) is 11.7. The predicted octanol–water partition coefficient (Wildman–Crippen LogP) is 4.39. The summed E-state index contributed by atoms with van der Waals surface area (Å²) in [4.78, 5) is 3.88. The monoisotopic (exact) mass is 330 g/mol. The second kappa shape index (κ2) is 5.54. The lowest BCUT2D eigenvalue weighted by molar-refractivity contribution is 0.412. The van der Waals surface area contributed by atoms with Crippen LogP contribution in [0.25, 0.3) is 0 Å². The number of aromatic nitrogens is 1. The lowest BCUT2D eigenvalue weighted by atomic mass is 10.3. The molecular formula is C12H9BrClFN2O. The van der Waals surface area contributed by atoms with Crippen molar-refractivity contribution in [1.29, 1.82) is 0 Å². The summed E-state index contributed by atoms with van der Waals surface area (Å²) in [5.74, 6) is 0.316. The van der Waals surface area contributed by atoms with Crippen molar-refractivity contribution in [3.8, 4) is 5.75 Å². The standard InChI is InChI=1S/C12H9BrClFN2O/c1-18-11-3-2-8(5-9(11)13)17-12-10(15)4-7(14)6-16-12/h2-6H,1H3,(H,16,17). The molecule has 0 unspecified atom stereocenters. The average Bonchev–Trinajstić information content (AvgIpc) is 2.33. The Morgan fingerprint density at radius 2 is 2.17 bits per heavy atom. The highest BCUT2D eigenvalue weighted by Gasteiger charge is 2.06. The number of hydrogen-bond acceptors (Lipinski definition) is 3. The summed E-state index contributed by atoms with van der Waals surface area (Å²) in [7, 11) is 1.58. The van der Waals surface area contributed by atoms with Crippen molar-refractivity contribution in [2.75, 3.05) is 12.4 Å². The first-order valence-corrected chi connectivity index (χ1v) is 6.19. The number of anilines is 2. The largest absolute Gasteiger partial charge is 0.496 e. The molecule has 0 atom stereocenters. The maximum Gasteiger partial charge on any atom is 0.167 e. The van der Waals surface area contributed by atoms with E-state index < -0.39 is 5.82 Å². The topological polar surface area (TPSA) is 34.1 Å². The van der Waals surface area contributed by atoms with Gasteiger partial charge in [0, 0.05) is 11.9 Å². The molecule has 94 valence electrons. The van der Waals surface area contributed by atoms with E-state index >= 15 is 0 Å². The van der Waals surface area contributed by atoms with Crippen molar-refractivity contribution in [1.82, 2.24) is 4.98 Å². The number of rotatable bonds is 3. The fourth-order valence-electron chi connectivity index (χ4n) is 1.39. The zero-order valence-electron chi connectivity index (χ0n) is 9.38. The van der Waals surface area contributed by atoms with Crippen molar-refractivity contribution in [2.24, 2.45) is 0 Å². The molecule has 0 bridgehead atoms. The molecular weight excluding hydrogens is 322 g/mol. The minimum Gasteiger partial charge on any atom is -0.496 e. The van der Waals surface area contributed by atoms with Gasteiger partial charge in [0.2, 0.25) is 0 Å². The molecule has 1 N–H and O–H groups in total. The molecule has 1 aromatic heterocycles. The smallest absolute Gasteiger partial charge is 0.167 e. The van der Waals surface area contributed by atoms with Gasteiger partial charge >= 0.3 is 0 Å². The quantitative estimate of drug-likeness (QED) is 0.906. The molecule has 0 aliphatic rings. The van der Waals surface area contributed by atoms with Gasteiger partial charge in [-0.05, 0) is 40.2 Å². The van der Waals surface area contributed by atoms with Gasteiger partial charge in [-0.15, -0.1) is 0 Å². The van der Waals surface area contributed by atoms with Crippen LogP contribution in [0.4, 0.5) is 15.9 Å². The lowest BCUT2D eigenvalue weighted by Crippen LogP contribution is -1.97. The highest BCUT2D eigenvalue weighted by atomic mass is 79.9. The molecule has 1 aromatic carbocycles. The van der Waals surface area contributed by atoms with E-state index in [1.54, 1.807) is 25.3 Å². The van der Waals surface area contributed by atoms with Gasteiger partial charge in [0.15, 0.2) is 11.6 Å². The highest BCUT2D eigenvalue weighted by Crippen LogP contribution is 2.29. The van der Waals surface area contributed by atoms with Crippen LogP contribution in [-0.4, -0.2) is 12.1 Å². The van der Waals surface area contributed by atoms with Gasteiger partial charge in [-0.3, -0.25) is 0 Å². The first-order chi connectivity index (χ1) is 8.60. The van der Waals surface area contributed by atoms with Gasteiger partial charge < -0.3 is 10.1 Å². The average molecular weight is 332 g/mol. The van der Waals surface area contributed by atoms with E-state index in [1.807, 2.05) is 0 Å². The van der Waals surface area contributed by atoms with E-state index in [-0.39, 0.29) is 10.8 Å². The molecule has 0 aliphatic heterocycles. The number of pyridine rings is 1. The summed E-state index contributed by atoms with van der Waals surface area (Å²) >= 11 is 8.98. The third kappa shape index (κ3) is 2.91. The SMILES string of the molecule is COc1ccc(Nc2ncc(Cl)cc2F)cc1Br. The molecule has 0 saturated heterocycles. The predicted molar refractivity (Wildman–Crippen MR) is 73.2 cm³/mol. The van der Waals surface area contributed by atoms with Crippen molar-refractivity contribution < 1.29 is 9.13 Å². The van der Waals surface area contributed by atoms with E-state index in [9.17, 15) is 4.39 Å². The Morgan fingerprint density at radius 3 is 2.78 bits per heavy atom. The van der Waals surface area contributed by atoms with Crippen LogP contribution in [0.2, 0.25) is 5.02 Å². The van der Waals surface area contributed by atoms with Crippen LogP contribution in [0.5, 0.6) is 5.75 Å². The molecule has 2 rings (SSSR count). The molecule has 0 aliphatic carbocycles. The second-order valence-corrected chi connectivity index (χ2v) is 4.75. The fraction of sp³-hybridized carbons (Fsp3) is 0.0833. The Hall–Kier alpha value is -1.33. The normalized spacial score (nSPS) is 10.2. The van der Waals surface area contributed by atoms with Crippen LogP contribution in [-0.2, 0) is 0 Å². The third-order valence-corrected chi connectivity index (χ3v) is 3.05. The minimum absolute atomic E-state index is 0.122. The number of nitrogens with one attached hydrogen (secondary N) is 1. The number of halogens is 3. The highest BCUT2D eigenvalue weighted by molar-refractivity contribution is 9.10. The van der Waals surface area contributed by atoms with E-state index in [4.69, 9.17) is 16.3 Å². The van der Waals surface area contributed by atoms with Gasteiger partial charge in [-0.25, -0.2) is 9.37 Å². The van der Waals surface area contributed by atoms with E-state index in [0.717, 1.165) is 4.47 Å². The molecule has 0 fully saturated rings. The minimum atomic E-state index is -0.505. The second-order valence-electron chi connectivity index (χ2n) is 3.46. The molecule has 1 heterocycles. The Labute approximate surface area is 117 Å². The summed E-state index contributed by atoms with van der Waals surface area (Å²) < 4.78 is 19.4. The molecule has 0 amide bonds. The van der Waals surface area contributed by atoms with Crippen molar-refractivity contribution in [2.45, 2.75) is 0 Å². The van der Waals surface area contributed by atoms with Crippen LogP contribution >= 0.6 is 27.5 Å². The zero-order chi connectivity index (χ0) is 13.1. The molecule has 0 saturated carbocycles. The van der Waals surface area contributed by atoms with Crippen LogP contribution in [0, 0.1) is 5.82 Å². The first kappa shape index (κ1) is 13.1. The Kier molecular flexibility index (Phi) is 4.04. The van der Waals surface area contributed by atoms with Crippen LogP contribution in [0.1, 0.15) is 0 Å². The molecule has 18 heavy (non-hydrogen) atoms. The number of hydrogen-bond donors (Lipinski definition) is 1. The number of nitrogens with zero attached hydrogens (tertiary/aromatic N) is 1. The molecule has 6 heteroatoms. The summed E-state index contributed by atoms with van der Waals surface area (Å²) in [6, 6.07) is 6.50. The molecule has 0 spiro atoms.